The van der Waals surface area contributed by atoms with Crippen LogP contribution < -0.4 is 10.1 Å². The number of nitrogens with zero attached hydrogens (tertiary/aromatic N) is 1. The summed E-state index contributed by atoms with van der Waals surface area (Å²) >= 11 is 0. The van der Waals surface area contributed by atoms with Gasteiger partial charge >= 0.3 is 0 Å². The van der Waals surface area contributed by atoms with Crippen molar-refractivity contribution in [3.63, 3.8) is 0 Å². The normalized spacial score (nSPS) is 29.9. The van der Waals surface area contributed by atoms with Crippen LogP contribution in [0.4, 0.5) is 5.69 Å². The number of carbonyl (C=O) groups excluding carboxylic acids is 2. The van der Waals surface area contributed by atoms with Crippen molar-refractivity contribution in [3.05, 3.63) is 33.9 Å². The predicted molar refractivity (Wildman–Crippen MR) is 71.8 cm³/mol. The average molecular weight is 290 g/mol. The minimum absolute atomic E-state index is 0.0748. The van der Waals surface area contributed by atoms with Crippen molar-refractivity contribution in [3.8, 4) is 5.75 Å². The summed E-state index contributed by atoms with van der Waals surface area (Å²) in [5.41, 5.74) is -0.400. The van der Waals surface area contributed by atoms with Gasteiger partial charge < -0.3 is 10.1 Å². The molecule has 1 aromatic rings. The van der Waals surface area contributed by atoms with E-state index in [4.69, 9.17) is 4.74 Å². The van der Waals surface area contributed by atoms with Crippen molar-refractivity contribution < 1.29 is 19.2 Å². The van der Waals surface area contributed by atoms with Crippen LogP contribution in [-0.4, -0.2) is 22.3 Å². The molecule has 1 amide bonds. The van der Waals surface area contributed by atoms with E-state index in [-0.39, 0.29) is 11.5 Å². The van der Waals surface area contributed by atoms with Crippen molar-refractivity contribution in [2.45, 2.75) is 31.9 Å². The number of benzene rings is 1. The van der Waals surface area contributed by atoms with E-state index in [0.29, 0.717) is 17.7 Å². The topological polar surface area (TPSA) is 98.5 Å². The van der Waals surface area contributed by atoms with Gasteiger partial charge in [0.1, 0.15) is 17.5 Å². The molecule has 2 aliphatic heterocycles. The Morgan fingerprint density at radius 1 is 1.52 bits per heavy atom. The molecule has 3 rings (SSSR count). The molecule has 2 aliphatic rings. The zero-order valence-corrected chi connectivity index (χ0v) is 11.6. The number of hydrogen-bond acceptors (Lipinski definition) is 5. The van der Waals surface area contributed by atoms with E-state index in [2.05, 4.69) is 5.32 Å². The van der Waals surface area contributed by atoms with Crippen LogP contribution in [0.3, 0.4) is 0 Å². The Bertz CT molecular complexity index is 671. The second-order valence-corrected chi connectivity index (χ2v) is 5.70. The van der Waals surface area contributed by atoms with Crippen LogP contribution >= 0.6 is 0 Å². The quantitative estimate of drug-likeness (QED) is 0.505. The van der Waals surface area contributed by atoms with Gasteiger partial charge in [0.15, 0.2) is 5.72 Å². The lowest BCUT2D eigenvalue weighted by Gasteiger charge is -2.46. The molecule has 1 N–H and O–H groups in total. The van der Waals surface area contributed by atoms with E-state index in [1.807, 2.05) is 0 Å². The maximum absolute atomic E-state index is 12.1. The Morgan fingerprint density at radius 3 is 2.86 bits per heavy atom. The number of nitrogens with one attached hydrogen (secondary N) is 1. The Balaban J connectivity index is 2.15. The first kappa shape index (κ1) is 13.5. The van der Waals surface area contributed by atoms with E-state index in [1.54, 1.807) is 6.92 Å². The number of piperidine rings is 1. The first-order chi connectivity index (χ1) is 9.81. The van der Waals surface area contributed by atoms with Gasteiger partial charge in [0.2, 0.25) is 5.91 Å². The van der Waals surface area contributed by atoms with E-state index in [1.165, 1.54) is 25.1 Å². The molecule has 7 nitrogen and oxygen atoms in total. The zero-order chi connectivity index (χ0) is 15.4. The third-order valence-electron chi connectivity index (χ3n) is 4.06. The lowest BCUT2D eigenvalue weighted by molar-refractivity contribution is -0.385. The number of amides is 1. The minimum atomic E-state index is -0.878. The molecule has 2 heterocycles. The van der Waals surface area contributed by atoms with Crippen molar-refractivity contribution >= 4 is 17.4 Å². The first-order valence-electron chi connectivity index (χ1n) is 6.60. The molecular weight excluding hydrogens is 276 g/mol. The lowest BCUT2D eigenvalue weighted by atomic mass is 9.73. The smallest absolute Gasteiger partial charge is 0.269 e. The number of Topliss-reactive ketones (excluding diaryl/α,β-unsaturated/α-hetero) is 1. The minimum Gasteiger partial charge on any atom is -0.468 e. The molecule has 0 spiro atoms. The van der Waals surface area contributed by atoms with Crippen molar-refractivity contribution in [1.29, 1.82) is 0 Å². The molecule has 0 radical (unpaired) electrons. The number of ketones is 1. The summed E-state index contributed by atoms with van der Waals surface area (Å²) in [5.74, 6) is -1.39. The molecule has 0 aliphatic carbocycles. The molecule has 0 aromatic heterocycles. The Labute approximate surface area is 120 Å². The monoisotopic (exact) mass is 290 g/mol. The molecule has 0 saturated carbocycles. The highest BCUT2D eigenvalue weighted by molar-refractivity contribution is 6.02. The summed E-state index contributed by atoms with van der Waals surface area (Å²) < 4.78 is 5.76. The van der Waals surface area contributed by atoms with Crippen LogP contribution in [-0.2, 0) is 9.59 Å². The largest absolute Gasteiger partial charge is 0.468 e. The van der Waals surface area contributed by atoms with Gasteiger partial charge in [0.25, 0.3) is 5.69 Å². The number of non-ortho nitro benzene ring substituents is 1. The number of nitro benzene ring substituents is 1. The fourth-order valence-corrected chi connectivity index (χ4v) is 3.21. The molecule has 7 heteroatoms. The number of carbonyl (C=O) groups is 2. The fourth-order valence-electron chi connectivity index (χ4n) is 3.21. The highest BCUT2D eigenvalue weighted by Gasteiger charge is 2.50. The molecule has 1 fully saturated rings. The van der Waals surface area contributed by atoms with E-state index in [9.17, 15) is 19.7 Å². The third-order valence-corrected chi connectivity index (χ3v) is 4.06. The fraction of sp³-hybridized carbons (Fsp3) is 0.429. The second-order valence-electron chi connectivity index (χ2n) is 5.70. The maximum Gasteiger partial charge on any atom is 0.269 e. The van der Waals surface area contributed by atoms with Gasteiger partial charge in [-0.3, -0.25) is 19.7 Å². The Morgan fingerprint density at radius 2 is 2.24 bits per heavy atom. The molecule has 3 atom stereocenters. The summed E-state index contributed by atoms with van der Waals surface area (Å²) in [5, 5.41) is 13.6. The van der Waals surface area contributed by atoms with Gasteiger partial charge in [-0.15, -0.1) is 0 Å². The van der Waals surface area contributed by atoms with Crippen molar-refractivity contribution in [2.75, 3.05) is 0 Å². The van der Waals surface area contributed by atoms with Gasteiger partial charge in [0, 0.05) is 30.0 Å². The highest BCUT2D eigenvalue weighted by Crippen LogP contribution is 2.47. The van der Waals surface area contributed by atoms with Gasteiger partial charge in [0.05, 0.1) is 4.92 Å². The third kappa shape index (κ3) is 2.05. The standard InChI is InChI=1S/C14H14N2O5/c1-7(17)12-10-6-14(2,15-13(12)18)21-11-4-3-8(16(19)20)5-9(10)11/h3-5,10,12H,6H2,1-2H3,(H,15,18). The molecular formula is C14H14N2O5. The molecule has 2 bridgehead atoms. The van der Waals surface area contributed by atoms with Gasteiger partial charge in [-0.05, 0) is 19.9 Å². The van der Waals surface area contributed by atoms with Gasteiger partial charge in [-0.2, -0.15) is 0 Å². The average Bonchev–Trinajstić information content (AvgIpc) is 2.36. The SMILES string of the molecule is CC(=O)C1C(=O)NC2(C)CC1c1cc([N+](=O)[O-])ccc1O2. The maximum atomic E-state index is 12.1. The van der Waals surface area contributed by atoms with E-state index < -0.39 is 28.4 Å². The predicted octanol–water partition coefficient (Wildman–Crippen LogP) is 1.51. The number of hydrogen-bond donors (Lipinski definition) is 1. The van der Waals surface area contributed by atoms with Crippen molar-refractivity contribution in [1.82, 2.24) is 5.32 Å². The second kappa shape index (κ2) is 4.28. The van der Waals surface area contributed by atoms with Gasteiger partial charge in [-0.1, -0.05) is 0 Å². The first-order valence-corrected chi connectivity index (χ1v) is 6.60. The lowest BCUT2D eigenvalue weighted by Crippen LogP contribution is -2.61. The molecule has 1 saturated heterocycles. The van der Waals surface area contributed by atoms with Crippen LogP contribution in [0, 0.1) is 16.0 Å². The van der Waals surface area contributed by atoms with Crippen LogP contribution in [0.25, 0.3) is 0 Å². The van der Waals surface area contributed by atoms with E-state index >= 15 is 0 Å². The highest BCUT2D eigenvalue weighted by atomic mass is 16.6. The number of nitro groups is 1. The molecule has 1 aromatic carbocycles. The summed E-state index contributed by atoms with van der Waals surface area (Å²) in [4.78, 5) is 34.4. The molecule has 3 unspecified atom stereocenters. The van der Waals surface area contributed by atoms with Crippen LogP contribution in [0.5, 0.6) is 5.75 Å². The van der Waals surface area contributed by atoms with Crippen LogP contribution in [0.15, 0.2) is 18.2 Å². The van der Waals surface area contributed by atoms with E-state index in [0.717, 1.165) is 0 Å². The summed E-state index contributed by atoms with van der Waals surface area (Å²) in [6.45, 7) is 3.10. The van der Waals surface area contributed by atoms with Crippen LogP contribution in [0.1, 0.15) is 31.7 Å². The number of rotatable bonds is 2. The van der Waals surface area contributed by atoms with Crippen LogP contribution in [0.2, 0.25) is 0 Å². The summed E-state index contributed by atoms with van der Waals surface area (Å²) in [6, 6.07) is 4.27. The Hall–Kier alpha value is -2.44. The summed E-state index contributed by atoms with van der Waals surface area (Å²) in [6.07, 6.45) is 0.414. The number of fused-ring (bicyclic) bond motifs is 4. The molecule has 21 heavy (non-hydrogen) atoms. The van der Waals surface area contributed by atoms with Gasteiger partial charge in [-0.25, -0.2) is 0 Å². The summed E-state index contributed by atoms with van der Waals surface area (Å²) in [7, 11) is 0. The number of ether oxygens (including phenoxy) is 1. The zero-order valence-electron chi connectivity index (χ0n) is 11.6. The molecule has 110 valence electrons. The Kier molecular flexibility index (Phi) is 2.76. The van der Waals surface area contributed by atoms with Crippen molar-refractivity contribution in [2.24, 2.45) is 5.92 Å².